The molecule has 0 atom stereocenters. The van der Waals surface area contributed by atoms with E-state index in [1.165, 1.54) is 11.5 Å². The molecule has 0 saturated carbocycles. The van der Waals surface area contributed by atoms with E-state index < -0.39 is 0 Å². The van der Waals surface area contributed by atoms with E-state index in [0.717, 1.165) is 0 Å². The summed E-state index contributed by atoms with van der Waals surface area (Å²) in [5, 5.41) is 4.08. The van der Waals surface area contributed by atoms with Crippen LogP contribution in [0.2, 0.25) is 5.02 Å². The average molecular weight is 293 g/mol. The van der Waals surface area contributed by atoms with Crippen LogP contribution in [0.1, 0.15) is 35.9 Å². The highest BCUT2D eigenvalue weighted by Crippen LogP contribution is 2.25. The van der Waals surface area contributed by atoms with Crippen LogP contribution in [0.4, 0.5) is 0 Å². The maximum Gasteiger partial charge on any atom is 0.253 e. The molecule has 0 unspecified atom stereocenters. The fourth-order valence-electron chi connectivity index (χ4n) is 2.04. The van der Waals surface area contributed by atoms with Crippen LogP contribution < -0.4 is 5.32 Å². The molecule has 0 bridgehead atoms. The molecule has 0 spiro atoms. The molecule has 0 aliphatic rings. The molecule has 1 heterocycles. The quantitative estimate of drug-likeness (QED) is 0.943. The van der Waals surface area contributed by atoms with Crippen LogP contribution in [0.3, 0.4) is 0 Å². The number of halogens is 1. The Labute approximate surface area is 122 Å². The van der Waals surface area contributed by atoms with Crippen LogP contribution in [-0.2, 0) is 0 Å². The molecule has 2 aromatic rings. The molecule has 2 rings (SSSR count). The third-order valence-corrected chi connectivity index (χ3v) is 3.26. The predicted molar refractivity (Wildman–Crippen MR) is 80.4 cm³/mol. The van der Waals surface area contributed by atoms with Gasteiger partial charge in [-0.3, -0.25) is 14.2 Å². The Bertz CT molecular complexity index is 674. The number of amides is 1. The first-order valence-electron chi connectivity index (χ1n) is 6.50. The minimum absolute atomic E-state index is 0.139. The van der Waals surface area contributed by atoms with Gasteiger partial charge < -0.3 is 5.32 Å². The summed E-state index contributed by atoms with van der Waals surface area (Å²) in [6.45, 7) is 6.10. The Kier molecular flexibility index (Phi) is 4.14. The van der Waals surface area contributed by atoms with Crippen molar-refractivity contribution in [1.82, 2.24) is 9.88 Å². The molecule has 0 saturated heterocycles. The van der Waals surface area contributed by atoms with Gasteiger partial charge in [-0.2, -0.15) is 0 Å². The lowest BCUT2D eigenvalue weighted by Crippen LogP contribution is -2.27. The summed E-state index contributed by atoms with van der Waals surface area (Å²) < 4.78 is 1.47. The fraction of sp³-hybridized carbons (Fsp3) is 0.333. The molecule has 0 aliphatic carbocycles. The number of carbonyl (C=O) groups is 2. The van der Waals surface area contributed by atoms with E-state index in [0.29, 0.717) is 34.0 Å². The smallest absolute Gasteiger partial charge is 0.253 e. The van der Waals surface area contributed by atoms with Gasteiger partial charge in [-0.15, -0.1) is 0 Å². The standard InChI is InChI=1S/C15H17ClN2O2/c1-9(2)7-17-15(20)13-8-18(10(3)19)14-5-4-11(16)6-12(13)14/h4-6,8-9H,7H2,1-3H3,(H,17,20). The number of hydrogen-bond acceptors (Lipinski definition) is 2. The van der Waals surface area contributed by atoms with Gasteiger partial charge in [-0.25, -0.2) is 0 Å². The van der Waals surface area contributed by atoms with Crippen LogP contribution in [0.15, 0.2) is 24.4 Å². The van der Waals surface area contributed by atoms with Gasteiger partial charge >= 0.3 is 0 Å². The van der Waals surface area contributed by atoms with Gasteiger partial charge in [0.2, 0.25) is 5.91 Å². The molecule has 5 heteroatoms. The Hall–Kier alpha value is -1.81. The summed E-state index contributed by atoms with van der Waals surface area (Å²) in [7, 11) is 0. The van der Waals surface area contributed by atoms with Crippen LogP contribution >= 0.6 is 11.6 Å². The second-order valence-electron chi connectivity index (χ2n) is 5.20. The first-order chi connectivity index (χ1) is 9.40. The summed E-state index contributed by atoms with van der Waals surface area (Å²) in [6.07, 6.45) is 1.57. The van der Waals surface area contributed by atoms with Crippen molar-refractivity contribution in [3.8, 4) is 0 Å². The predicted octanol–water partition coefficient (Wildman–Crippen LogP) is 3.34. The van der Waals surface area contributed by atoms with Crippen molar-refractivity contribution in [2.45, 2.75) is 20.8 Å². The van der Waals surface area contributed by atoms with Crippen molar-refractivity contribution in [2.75, 3.05) is 6.54 Å². The van der Waals surface area contributed by atoms with E-state index in [1.54, 1.807) is 24.4 Å². The summed E-state index contributed by atoms with van der Waals surface area (Å²) >= 11 is 5.99. The minimum Gasteiger partial charge on any atom is -0.352 e. The lowest BCUT2D eigenvalue weighted by molar-refractivity contribution is 0.0941. The maximum atomic E-state index is 12.2. The molecule has 1 aromatic carbocycles. The molecular formula is C15H17ClN2O2. The highest BCUT2D eigenvalue weighted by Gasteiger charge is 2.17. The Balaban J connectivity index is 2.49. The summed E-state index contributed by atoms with van der Waals surface area (Å²) in [5.41, 5.74) is 1.16. The lowest BCUT2D eigenvalue weighted by Gasteiger charge is -2.06. The van der Waals surface area contributed by atoms with Gasteiger partial charge in [0.15, 0.2) is 0 Å². The molecule has 20 heavy (non-hydrogen) atoms. The molecule has 106 valence electrons. The number of nitrogens with zero attached hydrogens (tertiary/aromatic N) is 1. The van der Waals surface area contributed by atoms with E-state index in [2.05, 4.69) is 5.32 Å². The molecular weight excluding hydrogens is 276 g/mol. The zero-order valence-electron chi connectivity index (χ0n) is 11.7. The Morgan fingerprint density at radius 3 is 2.65 bits per heavy atom. The summed E-state index contributed by atoms with van der Waals surface area (Å²) in [5.74, 6) is 0.0369. The number of aromatic nitrogens is 1. The Morgan fingerprint density at radius 1 is 1.35 bits per heavy atom. The second-order valence-corrected chi connectivity index (χ2v) is 5.63. The largest absolute Gasteiger partial charge is 0.352 e. The number of rotatable bonds is 3. The lowest BCUT2D eigenvalue weighted by atomic mass is 10.1. The van der Waals surface area contributed by atoms with Gasteiger partial charge in [0.05, 0.1) is 11.1 Å². The van der Waals surface area contributed by atoms with E-state index in [1.807, 2.05) is 13.8 Å². The monoisotopic (exact) mass is 292 g/mol. The molecule has 1 aromatic heterocycles. The van der Waals surface area contributed by atoms with Crippen molar-refractivity contribution < 1.29 is 9.59 Å². The van der Waals surface area contributed by atoms with Crippen LogP contribution in [0, 0.1) is 5.92 Å². The fourth-order valence-corrected chi connectivity index (χ4v) is 2.21. The minimum atomic E-state index is -0.189. The number of benzene rings is 1. The third kappa shape index (κ3) is 2.85. The van der Waals surface area contributed by atoms with Crippen LogP contribution in [0.25, 0.3) is 10.9 Å². The first kappa shape index (κ1) is 14.6. The van der Waals surface area contributed by atoms with Crippen molar-refractivity contribution in [3.63, 3.8) is 0 Å². The van der Waals surface area contributed by atoms with Crippen LogP contribution in [-0.4, -0.2) is 22.9 Å². The van der Waals surface area contributed by atoms with Crippen molar-refractivity contribution in [2.24, 2.45) is 5.92 Å². The second kappa shape index (κ2) is 5.67. The van der Waals surface area contributed by atoms with Crippen molar-refractivity contribution in [3.05, 3.63) is 35.0 Å². The topological polar surface area (TPSA) is 51.1 Å². The highest BCUT2D eigenvalue weighted by molar-refractivity contribution is 6.31. The van der Waals surface area contributed by atoms with Gasteiger partial charge in [-0.05, 0) is 24.1 Å². The number of hydrogen-bond donors (Lipinski definition) is 1. The van der Waals surface area contributed by atoms with Gasteiger partial charge in [-0.1, -0.05) is 25.4 Å². The molecule has 1 N–H and O–H groups in total. The zero-order chi connectivity index (χ0) is 14.9. The molecule has 0 aliphatic heterocycles. The normalized spacial score (nSPS) is 11.1. The van der Waals surface area contributed by atoms with Crippen molar-refractivity contribution >= 4 is 34.3 Å². The van der Waals surface area contributed by atoms with E-state index in [-0.39, 0.29) is 11.8 Å². The average Bonchev–Trinajstić information content (AvgIpc) is 2.74. The molecule has 0 radical (unpaired) electrons. The SMILES string of the molecule is CC(=O)n1cc(C(=O)NCC(C)C)c2cc(Cl)ccc21. The molecule has 0 fully saturated rings. The van der Waals surface area contributed by atoms with E-state index in [9.17, 15) is 9.59 Å². The van der Waals surface area contributed by atoms with Gasteiger partial charge in [0.1, 0.15) is 0 Å². The molecule has 1 amide bonds. The Morgan fingerprint density at radius 2 is 2.05 bits per heavy atom. The van der Waals surface area contributed by atoms with Crippen LogP contribution in [0.5, 0.6) is 0 Å². The first-order valence-corrected chi connectivity index (χ1v) is 6.87. The molecule has 4 nitrogen and oxygen atoms in total. The maximum absolute atomic E-state index is 12.2. The van der Waals surface area contributed by atoms with Crippen molar-refractivity contribution in [1.29, 1.82) is 0 Å². The number of carbonyl (C=O) groups excluding carboxylic acids is 2. The van der Waals surface area contributed by atoms with Gasteiger partial charge in [0, 0.05) is 30.1 Å². The summed E-state index contributed by atoms with van der Waals surface area (Å²) in [4.78, 5) is 23.9. The summed E-state index contributed by atoms with van der Waals surface area (Å²) in [6, 6.07) is 5.16. The van der Waals surface area contributed by atoms with E-state index in [4.69, 9.17) is 11.6 Å². The highest BCUT2D eigenvalue weighted by atomic mass is 35.5. The van der Waals surface area contributed by atoms with E-state index >= 15 is 0 Å². The third-order valence-electron chi connectivity index (χ3n) is 3.02. The zero-order valence-corrected chi connectivity index (χ0v) is 12.5. The number of nitrogens with one attached hydrogen (secondary N) is 1. The van der Waals surface area contributed by atoms with Gasteiger partial charge in [0.25, 0.3) is 5.91 Å². The number of fused-ring (bicyclic) bond motifs is 1.